The SMILES string of the molecule is CCCN(c1cc(OC)ccc1OC)[C@@H](C)C(=O)O. The molecule has 1 rings (SSSR count). The smallest absolute Gasteiger partial charge is 0.326 e. The maximum absolute atomic E-state index is 11.2. The summed E-state index contributed by atoms with van der Waals surface area (Å²) in [4.78, 5) is 13.0. The standard InChI is InChI=1S/C14H21NO4/c1-5-8-15(10(2)14(16)17)12-9-11(18-3)6-7-13(12)19-4/h6-7,9-10H,5,8H2,1-4H3,(H,16,17)/t10-/m0/s1. The Balaban J connectivity index is 3.22. The number of methoxy groups -OCH3 is 2. The van der Waals surface area contributed by atoms with Gasteiger partial charge in [0.2, 0.25) is 0 Å². The van der Waals surface area contributed by atoms with Crippen LogP contribution in [-0.2, 0) is 4.79 Å². The van der Waals surface area contributed by atoms with Crippen LogP contribution in [-0.4, -0.2) is 37.9 Å². The lowest BCUT2D eigenvalue weighted by molar-refractivity contribution is -0.138. The molecule has 0 aliphatic rings. The first-order chi connectivity index (χ1) is 9.04. The Morgan fingerprint density at radius 2 is 2.05 bits per heavy atom. The summed E-state index contributed by atoms with van der Waals surface area (Å²) >= 11 is 0. The van der Waals surface area contributed by atoms with Crippen LogP contribution >= 0.6 is 0 Å². The van der Waals surface area contributed by atoms with E-state index in [0.29, 0.717) is 18.0 Å². The van der Waals surface area contributed by atoms with E-state index in [9.17, 15) is 9.90 Å². The van der Waals surface area contributed by atoms with Gasteiger partial charge in [-0.1, -0.05) is 6.92 Å². The molecule has 0 aliphatic heterocycles. The fraction of sp³-hybridized carbons (Fsp3) is 0.500. The highest BCUT2D eigenvalue weighted by Crippen LogP contribution is 2.33. The van der Waals surface area contributed by atoms with Crippen LogP contribution in [0.4, 0.5) is 5.69 Å². The van der Waals surface area contributed by atoms with Gasteiger partial charge in [0.15, 0.2) is 0 Å². The molecule has 0 spiro atoms. The van der Waals surface area contributed by atoms with Crippen molar-refractivity contribution in [3.63, 3.8) is 0 Å². The van der Waals surface area contributed by atoms with E-state index in [1.165, 1.54) is 0 Å². The van der Waals surface area contributed by atoms with Gasteiger partial charge in [0.1, 0.15) is 17.5 Å². The molecule has 0 aromatic heterocycles. The number of rotatable bonds is 7. The van der Waals surface area contributed by atoms with Crippen molar-refractivity contribution in [3.05, 3.63) is 18.2 Å². The molecule has 1 aromatic carbocycles. The number of anilines is 1. The Morgan fingerprint density at radius 1 is 1.37 bits per heavy atom. The number of nitrogens with zero attached hydrogens (tertiary/aromatic N) is 1. The van der Waals surface area contributed by atoms with Gasteiger partial charge in [0.25, 0.3) is 0 Å². The zero-order chi connectivity index (χ0) is 14.4. The van der Waals surface area contributed by atoms with Gasteiger partial charge in [-0.05, 0) is 25.5 Å². The molecule has 0 unspecified atom stereocenters. The van der Waals surface area contributed by atoms with Gasteiger partial charge in [-0.25, -0.2) is 4.79 Å². The van der Waals surface area contributed by atoms with Crippen molar-refractivity contribution in [2.24, 2.45) is 0 Å². The molecule has 106 valence electrons. The monoisotopic (exact) mass is 267 g/mol. The molecule has 0 saturated carbocycles. The molecule has 0 aliphatic carbocycles. The van der Waals surface area contributed by atoms with Crippen LogP contribution in [0.1, 0.15) is 20.3 Å². The summed E-state index contributed by atoms with van der Waals surface area (Å²) in [5.74, 6) is 0.454. The lowest BCUT2D eigenvalue weighted by atomic mass is 10.2. The topological polar surface area (TPSA) is 59.0 Å². The fourth-order valence-corrected chi connectivity index (χ4v) is 1.92. The molecular formula is C14H21NO4. The Hall–Kier alpha value is -1.91. The van der Waals surface area contributed by atoms with Gasteiger partial charge in [0, 0.05) is 12.6 Å². The summed E-state index contributed by atoms with van der Waals surface area (Å²) in [6.07, 6.45) is 0.845. The van der Waals surface area contributed by atoms with E-state index in [4.69, 9.17) is 9.47 Å². The highest BCUT2D eigenvalue weighted by Gasteiger charge is 2.23. The molecule has 1 N–H and O–H groups in total. The van der Waals surface area contributed by atoms with E-state index < -0.39 is 12.0 Å². The molecule has 0 amide bonds. The largest absolute Gasteiger partial charge is 0.497 e. The van der Waals surface area contributed by atoms with Gasteiger partial charge in [0.05, 0.1) is 19.9 Å². The van der Waals surface area contributed by atoms with Crippen LogP contribution in [0.25, 0.3) is 0 Å². The van der Waals surface area contributed by atoms with Crippen molar-refractivity contribution < 1.29 is 19.4 Å². The van der Waals surface area contributed by atoms with Crippen molar-refractivity contribution in [2.45, 2.75) is 26.3 Å². The van der Waals surface area contributed by atoms with E-state index in [2.05, 4.69) is 0 Å². The Kier molecular flexibility index (Phi) is 5.48. The fourth-order valence-electron chi connectivity index (χ4n) is 1.92. The molecule has 0 heterocycles. The highest BCUT2D eigenvalue weighted by molar-refractivity contribution is 5.79. The second-order valence-corrected chi connectivity index (χ2v) is 4.25. The average molecular weight is 267 g/mol. The Morgan fingerprint density at radius 3 is 2.53 bits per heavy atom. The summed E-state index contributed by atoms with van der Waals surface area (Å²) in [5, 5.41) is 9.22. The first-order valence-corrected chi connectivity index (χ1v) is 6.26. The molecule has 1 atom stereocenters. The van der Waals surface area contributed by atoms with E-state index in [0.717, 1.165) is 12.1 Å². The number of hydrogen-bond acceptors (Lipinski definition) is 4. The van der Waals surface area contributed by atoms with Crippen LogP contribution in [0.3, 0.4) is 0 Å². The lowest BCUT2D eigenvalue weighted by Crippen LogP contribution is -2.39. The molecule has 5 nitrogen and oxygen atoms in total. The third kappa shape index (κ3) is 3.53. The number of ether oxygens (including phenoxy) is 2. The average Bonchev–Trinajstić information content (AvgIpc) is 2.43. The summed E-state index contributed by atoms with van der Waals surface area (Å²) in [6.45, 7) is 4.31. The first kappa shape index (κ1) is 15.1. The zero-order valence-corrected chi connectivity index (χ0v) is 11.8. The third-order valence-electron chi connectivity index (χ3n) is 2.98. The quantitative estimate of drug-likeness (QED) is 0.822. The van der Waals surface area contributed by atoms with Crippen molar-refractivity contribution in [3.8, 4) is 11.5 Å². The summed E-state index contributed by atoms with van der Waals surface area (Å²) in [7, 11) is 3.15. The molecule has 1 aromatic rings. The van der Waals surface area contributed by atoms with Crippen molar-refractivity contribution in [2.75, 3.05) is 25.7 Å². The van der Waals surface area contributed by atoms with Gasteiger partial charge in [-0.3, -0.25) is 0 Å². The molecule has 5 heteroatoms. The number of benzene rings is 1. The predicted molar refractivity (Wildman–Crippen MR) is 74.3 cm³/mol. The Labute approximate surface area is 113 Å². The maximum atomic E-state index is 11.2. The Bertz CT molecular complexity index is 433. The van der Waals surface area contributed by atoms with Crippen LogP contribution in [0, 0.1) is 0 Å². The van der Waals surface area contributed by atoms with Crippen molar-refractivity contribution in [1.82, 2.24) is 0 Å². The second-order valence-electron chi connectivity index (χ2n) is 4.25. The molecular weight excluding hydrogens is 246 g/mol. The number of hydrogen-bond donors (Lipinski definition) is 1. The highest BCUT2D eigenvalue weighted by atomic mass is 16.5. The second kappa shape index (κ2) is 6.87. The van der Waals surface area contributed by atoms with Gasteiger partial charge < -0.3 is 19.5 Å². The zero-order valence-electron chi connectivity index (χ0n) is 11.8. The first-order valence-electron chi connectivity index (χ1n) is 6.26. The summed E-state index contributed by atoms with van der Waals surface area (Å²) < 4.78 is 10.5. The molecule has 0 bridgehead atoms. The summed E-state index contributed by atoms with van der Waals surface area (Å²) in [6, 6.07) is 4.75. The van der Waals surface area contributed by atoms with Crippen LogP contribution in [0.15, 0.2) is 18.2 Å². The molecule has 0 fully saturated rings. The minimum atomic E-state index is -0.863. The van der Waals surface area contributed by atoms with Gasteiger partial charge in [-0.15, -0.1) is 0 Å². The molecule has 0 radical (unpaired) electrons. The molecule has 0 saturated heterocycles. The summed E-state index contributed by atoms with van der Waals surface area (Å²) in [5.41, 5.74) is 0.735. The van der Waals surface area contributed by atoms with E-state index >= 15 is 0 Å². The lowest BCUT2D eigenvalue weighted by Gasteiger charge is -2.29. The van der Waals surface area contributed by atoms with E-state index in [1.54, 1.807) is 39.3 Å². The van der Waals surface area contributed by atoms with E-state index in [1.807, 2.05) is 11.8 Å². The number of carbonyl (C=O) groups is 1. The predicted octanol–water partition coefficient (Wildman–Crippen LogP) is 2.39. The molecule has 19 heavy (non-hydrogen) atoms. The van der Waals surface area contributed by atoms with Crippen molar-refractivity contribution in [1.29, 1.82) is 0 Å². The minimum Gasteiger partial charge on any atom is -0.497 e. The van der Waals surface area contributed by atoms with E-state index in [-0.39, 0.29) is 0 Å². The number of carboxylic acid groups (broad SMARTS) is 1. The van der Waals surface area contributed by atoms with Crippen molar-refractivity contribution >= 4 is 11.7 Å². The number of aliphatic carboxylic acids is 1. The van der Waals surface area contributed by atoms with Crippen LogP contribution in [0.5, 0.6) is 11.5 Å². The van der Waals surface area contributed by atoms with Crippen LogP contribution in [0.2, 0.25) is 0 Å². The number of carboxylic acids is 1. The van der Waals surface area contributed by atoms with Crippen LogP contribution < -0.4 is 14.4 Å². The normalized spacial score (nSPS) is 11.8. The maximum Gasteiger partial charge on any atom is 0.326 e. The third-order valence-corrected chi connectivity index (χ3v) is 2.98. The van der Waals surface area contributed by atoms with Gasteiger partial charge >= 0.3 is 5.97 Å². The minimum absolute atomic E-state index is 0.624. The van der Waals surface area contributed by atoms with Gasteiger partial charge in [-0.2, -0.15) is 0 Å².